The molecule has 0 aliphatic rings. The van der Waals surface area contributed by atoms with Gasteiger partial charge in [-0.3, -0.25) is 0 Å². The molecule has 0 saturated heterocycles. The van der Waals surface area contributed by atoms with E-state index in [0.29, 0.717) is 0 Å². The molecule has 2 nitrogen and oxygen atoms in total. The minimum atomic E-state index is -4.79. The highest BCUT2D eigenvalue weighted by Crippen LogP contribution is 2.40. The average molecular weight is 343 g/mol. The van der Waals surface area contributed by atoms with Crippen molar-refractivity contribution in [2.24, 2.45) is 0 Å². The van der Waals surface area contributed by atoms with Crippen LogP contribution in [0.4, 0.5) is 13.2 Å². The Bertz CT molecular complexity index is 650. The molecule has 0 aliphatic carbocycles. The lowest BCUT2D eigenvalue weighted by Crippen LogP contribution is -2.09. The lowest BCUT2D eigenvalue weighted by molar-refractivity contribution is -0.142. The van der Waals surface area contributed by atoms with Crippen LogP contribution in [-0.2, 0) is 6.18 Å². The maximum absolute atomic E-state index is 12.7. The highest BCUT2D eigenvalue weighted by Gasteiger charge is 2.36. The molecule has 1 N–H and O–H groups in total. The number of halogens is 6. The molecule has 0 saturated carbocycles. The summed E-state index contributed by atoms with van der Waals surface area (Å²) < 4.78 is 38.1. The number of hydrogen-bond donors (Lipinski definition) is 1. The van der Waals surface area contributed by atoms with Crippen LogP contribution >= 0.6 is 34.8 Å². The van der Waals surface area contributed by atoms with Gasteiger partial charge in [-0.15, -0.1) is 0 Å². The molecule has 2 aromatic rings. The lowest BCUT2D eigenvalue weighted by atomic mass is 10.1. The molecule has 20 heavy (non-hydrogen) atoms. The molecule has 0 radical (unpaired) electrons. The van der Waals surface area contributed by atoms with Crippen molar-refractivity contribution in [3.05, 3.63) is 45.0 Å². The Morgan fingerprint density at radius 1 is 1.00 bits per heavy atom. The molecular weight excluding hydrogens is 337 g/mol. The summed E-state index contributed by atoms with van der Waals surface area (Å²) in [6, 6.07) is 4.75. The van der Waals surface area contributed by atoms with Gasteiger partial charge in [0, 0.05) is 10.6 Å². The summed E-state index contributed by atoms with van der Waals surface area (Å²) in [6.45, 7) is 0. The summed E-state index contributed by atoms with van der Waals surface area (Å²) in [5.41, 5.74) is -1.40. The van der Waals surface area contributed by atoms with Crippen molar-refractivity contribution in [2.75, 3.05) is 0 Å². The average Bonchev–Trinajstić information content (AvgIpc) is 2.28. The van der Waals surface area contributed by atoms with E-state index in [1.807, 2.05) is 0 Å². The molecule has 1 aromatic carbocycles. The van der Waals surface area contributed by atoms with E-state index in [2.05, 4.69) is 4.98 Å². The first-order chi connectivity index (χ1) is 9.20. The minimum Gasteiger partial charge on any atom is -0.506 e. The van der Waals surface area contributed by atoms with Crippen molar-refractivity contribution in [3.63, 3.8) is 0 Å². The SMILES string of the molecule is Oc1ccc(-c2c(Cl)cc(Cl)cc2Cl)nc1C(F)(F)F. The van der Waals surface area contributed by atoms with Crippen molar-refractivity contribution in [3.8, 4) is 17.0 Å². The van der Waals surface area contributed by atoms with Gasteiger partial charge in [-0.1, -0.05) is 34.8 Å². The van der Waals surface area contributed by atoms with Crippen LogP contribution in [0.5, 0.6) is 5.75 Å². The van der Waals surface area contributed by atoms with Crippen molar-refractivity contribution in [1.82, 2.24) is 4.98 Å². The van der Waals surface area contributed by atoms with Gasteiger partial charge in [0.25, 0.3) is 0 Å². The van der Waals surface area contributed by atoms with Gasteiger partial charge in [0.2, 0.25) is 0 Å². The molecule has 0 fully saturated rings. The number of nitrogens with zero attached hydrogens (tertiary/aromatic N) is 1. The van der Waals surface area contributed by atoms with E-state index in [1.54, 1.807) is 0 Å². The minimum absolute atomic E-state index is 0.0637. The third-order valence-corrected chi connectivity index (χ3v) is 3.22. The molecule has 0 spiro atoms. The van der Waals surface area contributed by atoms with Crippen LogP contribution in [0.15, 0.2) is 24.3 Å². The summed E-state index contributed by atoms with van der Waals surface area (Å²) >= 11 is 17.6. The van der Waals surface area contributed by atoms with E-state index in [9.17, 15) is 18.3 Å². The fourth-order valence-electron chi connectivity index (χ4n) is 1.59. The van der Waals surface area contributed by atoms with Gasteiger partial charge >= 0.3 is 6.18 Å². The molecule has 0 amide bonds. The molecule has 8 heteroatoms. The number of pyridine rings is 1. The monoisotopic (exact) mass is 341 g/mol. The quantitative estimate of drug-likeness (QED) is 0.749. The zero-order valence-electron chi connectivity index (χ0n) is 9.47. The number of rotatable bonds is 1. The van der Waals surface area contributed by atoms with E-state index >= 15 is 0 Å². The molecule has 1 aromatic heterocycles. The predicted molar refractivity (Wildman–Crippen MR) is 71.4 cm³/mol. The molecule has 2 rings (SSSR count). The Balaban J connectivity index is 2.66. The summed E-state index contributed by atoms with van der Waals surface area (Å²) in [7, 11) is 0. The molecule has 106 valence electrons. The van der Waals surface area contributed by atoms with Crippen molar-refractivity contribution in [1.29, 1.82) is 0 Å². The van der Waals surface area contributed by atoms with Gasteiger partial charge in [0.1, 0.15) is 5.75 Å². The predicted octanol–water partition coefficient (Wildman–Crippen LogP) is 5.43. The second kappa shape index (κ2) is 5.31. The molecular formula is C12H5Cl3F3NO. The topological polar surface area (TPSA) is 33.1 Å². The Labute approximate surface area is 126 Å². The first-order valence-electron chi connectivity index (χ1n) is 5.12. The normalized spacial score (nSPS) is 11.7. The van der Waals surface area contributed by atoms with E-state index in [4.69, 9.17) is 34.8 Å². The van der Waals surface area contributed by atoms with Crippen LogP contribution in [-0.4, -0.2) is 10.1 Å². The second-order valence-corrected chi connectivity index (χ2v) is 5.06. The number of aromatic nitrogens is 1. The van der Waals surface area contributed by atoms with Crippen LogP contribution in [0, 0.1) is 0 Å². The Hall–Kier alpha value is -1.17. The summed E-state index contributed by atoms with van der Waals surface area (Å²) in [4.78, 5) is 3.38. The first kappa shape index (κ1) is 15.2. The standard InChI is InChI=1S/C12H5Cl3F3NO/c13-5-3-6(14)10(7(15)4-5)8-1-2-9(20)11(19-8)12(16,17)18/h1-4,20H. The van der Waals surface area contributed by atoms with E-state index in [1.165, 1.54) is 18.2 Å². The van der Waals surface area contributed by atoms with Gasteiger partial charge in [0.05, 0.1) is 15.7 Å². The van der Waals surface area contributed by atoms with E-state index in [-0.39, 0.29) is 26.3 Å². The molecule has 0 bridgehead atoms. The van der Waals surface area contributed by atoms with Crippen molar-refractivity contribution >= 4 is 34.8 Å². The molecule has 0 unspecified atom stereocenters. The highest BCUT2D eigenvalue weighted by atomic mass is 35.5. The van der Waals surface area contributed by atoms with Crippen molar-refractivity contribution < 1.29 is 18.3 Å². The molecule has 0 aliphatic heterocycles. The van der Waals surface area contributed by atoms with Crippen LogP contribution in [0.2, 0.25) is 15.1 Å². The smallest absolute Gasteiger partial charge is 0.437 e. The third-order valence-electron chi connectivity index (χ3n) is 2.41. The Kier molecular flexibility index (Phi) is 4.04. The number of hydrogen-bond acceptors (Lipinski definition) is 2. The zero-order valence-corrected chi connectivity index (χ0v) is 11.7. The van der Waals surface area contributed by atoms with Gasteiger partial charge in [0.15, 0.2) is 5.69 Å². The zero-order chi connectivity index (χ0) is 15.1. The van der Waals surface area contributed by atoms with E-state index < -0.39 is 17.6 Å². The van der Waals surface area contributed by atoms with Gasteiger partial charge in [-0.05, 0) is 24.3 Å². The maximum atomic E-state index is 12.7. The van der Waals surface area contributed by atoms with Crippen molar-refractivity contribution in [2.45, 2.75) is 6.18 Å². The second-order valence-electron chi connectivity index (χ2n) is 3.81. The summed E-state index contributed by atoms with van der Waals surface area (Å²) in [5, 5.41) is 9.61. The van der Waals surface area contributed by atoms with Gasteiger partial charge < -0.3 is 5.11 Å². The van der Waals surface area contributed by atoms with Crippen LogP contribution < -0.4 is 0 Å². The fourth-order valence-corrected chi connectivity index (χ4v) is 2.60. The maximum Gasteiger partial charge on any atom is 0.437 e. The number of benzene rings is 1. The Morgan fingerprint density at radius 3 is 2.05 bits per heavy atom. The van der Waals surface area contributed by atoms with Crippen LogP contribution in [0.1, 0.15) is 5.69 Å². The molecule has 1 heterocycles. The van der Waals surface area contributed by atoms with Gasteiger partial charge in [-0.2, -0.15) is 13.2 Å². The molecule has 0 atom stereocenters. The summed E-state index contributed by atoms with van der Waals surface area (Å²) in [6.07, 6.45) is -4.79. The highest BCUT2D eigenvalue weighted by molar-refractivity contribution is 6.41. The van der Waals surface area contributed by atoms with Gasteiger partial charge in [-0.25, -0.2) is 4.98 Å². The lowest BCUT2D eigenvalue weighted by Gasteiger charge is -2.12. The number of alkyl halides is 3. The first-order valence-corrected chi connectivity index (χ1v) is 6.25. The van der Waals surface area contributed by atoms with E-state index in [0.717, 1.165) is 6.07 Å². The van der Waals surface area contributed by atoms with Crippen LogP contribution in [0.3, 0.4) is 0 Å². The fraction of sp³-hybridized carbons (Fsp3) is 0.0833. The third kappa shape index (κ3) is 2.95. The number of aromatic hydroxyl groups is 1. The summed E-state index contributed by atoms with van der Waals surface area (Å²) in [5.74, 6) is -0.970. The Morgan fingerprint density at radius 2 is 1.55 bits per heavy atom. The largest absolute Gasteiger partial charge is 0.506 e. The van der Waals surface area contributed by atoms with Crippen LogP contribution in [0.25, 0.3) is 11.3 Å².